The minimum absolute atomic E-state index is 0.0580. The van der Waals surface area contributed by atoms with E-state index in [4.69, 9.17) is 9.84 Å². The van der Waals surface area contributed by atoms with E-state index in [0.29, 0.717) is 5.75 Å². The average molecular weight is 341 g/mol. The van der Waals surface area contributed by atoms with Crippen molar-refractivity contribution in [1.82, 2.24) is 5.32 Å². The number of carbonyl (C=O) groups is 2. The molecule has 2 N–H and O–H groups in total. The molecule has 5 nitrogen and oxygen atoms in total. The van der Waals surface area contributed by atoms with Crippen LogP contribution >= 0.6 is 0 Å². The predicted molar refractivity (Wildman–Crippen MR) is 95.6 cm³/mol. The Bertz CT molecular complexity index is 723. The number of carboxylic acids is 1. The van der Waals surface area contributed by atoms with Crippen molar-refractivity contribution in [3.63, 3.8) is 0 Å². The molecule has 5 heteroatoms. The summed E-state index contributed by atoms with van der Waals surface area (Å²) in [5.74, 6) is -0.598. The summed E-state index contributed by atoms with van der Waals surface area (Å²) in [6, 6.07) is 16.5. The maximum Gasteiger partial charge on any atom is 0.341 e. The first-order valence-electron chi connectivity index (χ1n) is 8.11. The zero-order valence-corrected chi connectivity index (χ0v) is 14.7. The summed E-state index contributed by atoms with van der Waals surface area (Å²) < 4.78 is 5.11. The van der Waals surface area contributed by atoms with Gasteiger partial charge in [0.1, 0.15) is 5.75 Å². The maximum absolute atomic E-state index is 12.7. The van der Waals surface area contributed by atoms with E-state index in [1.807, 2.05) is 63.2 Å². The molecule has 0 saturated carbocycles. The minimum atomic E-state index is -1.02. The van der Waals surface area contributed by atoms with Gasteiger partial charge in [0.25, 0.3) is 0 Å². The molecule has 0 radical (unpaired) electrons. The summed E-state index contributed by atoms with van der Waals surface area (Å²) in [4.78, 5) is 23.2. The van der Waals surface area contributed by atoms with Crippen molar-refractivity contribution in [2.75, 3.05) is 6.61 Å². The Morgan fingerprint density at radius 3 is 2.24 bits per heavy atom. The third-order valence-corrected chi connectivity index (χ3v) is 4.15. The van der Waals surface area contributed by atoms with Gasteiger partial charge in [-0.25, -0.2) is 4.79 Å². The molecule has 0 aromatic heterocycles. The van der Waals surface area contributed by atoms with E-state index in [-0.39, 0.29) is 18.6 Å². The highest BCUT2D eigenvalue weighted by Crippen LogP contribution is 2.25. The molecule has 0 saturated heterocycles. The van der Waals surface area contributed by atoms with E-state index in [2.05, 4.69) is 5.32 Å². The van der Waals surface area contributed by atoms with Crippen LogP contribution in [0.25, 0.3) is 0 Å². The summed E-state index contributed by atoms with van der Waals surface area (Å²) in [5.41, 5.74) is 1.23. The summed E-state index contributed by atoms with van der Waals surface area (Å²) in [6.07, 6.45) is 0. The van der Waals surface area contributed by atoms with Gasteiger partial charge in [-0.3, -0.25) is 4.79 Å². The van der Waals surface area contributed by atoms with Gasteiger partial charge >= 0.3 is 5.97 Å². The molecule has 2 rings (SSSR count). The molecule has 25 heavy (non-hydrogen) atoms. The average Bonchev–Trinajstić information content (AvgIpc) is 2.61. The lowest BCUT2D eigenvalue weighted by atomic mass is 9.83. The second kappa shape index (κ2) is 7.83. The number of ether oxygens (including phenoxy) is 1. The molecular weight excluding hydrogens is 318 g/mol. The van der Waals surface area contributed by atoms with E-state index < -0.39 is 11.4 Å². The lowest BCUT2D eigenvalue weighted by Crippen LogP contribution is -2.41. The minimum Gasteiger partial charge on any atom is -0.482 e. The molecule has 2 aromatic rings. The predicted octanol–water partition coefficient (Wildman–Crippen LogP) is 3.31. The molecule has 0 spiro atoms. The fraction of sp³-hybridized carbons (Fsp3) is 0.300. The van der Waals surface area contributed by atoms with E-state index >= 15 is 0 Å². The van der Waals surface area contributed by atoms with Crippen LogP contribution in [0.15, 0.2) is 54.6 Å². The number of carboxylic acid groups (broad SMARTS) is 1. The van der Waals surface area contributed by atoms with Gasteiger partial charge in [-0.2, -0.15) is 0 Å². The highest BCUT2D eigenvalue weighted by atomic mass is 16.5. The van der Waals surface area contributed by atoms with Crippen molar-refractivity contribution >= 4 is 11.9 Å². The van der Waals surface area contributed by atoms with Crippen LogP contribution in [0.2, 0.25) is 0 Å². The molecule has 0 heterocycles. The number of rotatable bonds is 7. The Morgan fingerprint density at radius 1 is 1.08 bits per heavy atom. The lowest BCUT2D eigenvalue weighted by Gasteiger charge is -2.26. The van der Waals surface area contributed by atoms with Gasteiger partial charge in [0.2, 0.25) is 5.91 Å². The molecule has 0 aliphatic rings. The number of benzene rings is 2. The fourth-order valence-electron chi connectivity index (χ4n) is 2.44. The summed E-state index contributed by atoms with van der Waals surface area (Å²) in [6.45, 7) is 5.32. The van der Waals surface area contributed by atoms with E-state index in [1.54, 1.807) is 12.1 Å². The largest absolute Gasteiger partial charge is 0.482 e. The Balaban J connectivity index is 2.02. The van der Waals surface area contributed by atoms with Crippen molar-refractivity contribution in [2.24, 2.45) is 0 Å². The fourth-order valence-corrected chi connectivity index (χ4v) is 2.44. The molecule has 1 unspecified atom stereocenters. The van der Waals surface area contributed by atoms with Crippen LogP contribution in [0, 0.1) is 0 Å². The zero-order chi connectivity index (χ0) is 18.4. The number of hydrogen-bond acceptors (Lipinski definition) is 3. The van der Waals surface area contributed by atoms with Crippen molar-refractivity contribution in [3.05, 3.63) is 65.7 Å². The second-order valence-electron chi connectivity index (χ2n) is 6.44. The van der Waals surface area contributed by atoms with Gasteiger partial charge in [-0.15, -0.1) is 0 Å². The summed E-state index contributed by atoms with van der Waals surface area (Å²) >= 11 is 0. The highest BCUT2D eigenvalue weighted by Gasteiger charge is 2.30. The van der Waals surface area contributed by atoms with Crippen LogP contribution in [0.1, 0.15) is 37.9 Å². The normalized spacial score (nSPS) is 12.3. The molecule has 0 bridgehead atoms. The van der Waals surface area contributed by atoms with Crippen molar-refractivity contribution in [2.45, 2.75) is 32.2 Å². The molecular formula is C20H23NO4. The number of nitrogens with one attached hydrogen (secondary N) is 1. The van der Waals surface area contributed by atoms with Crippen LogP contribution < -0.4 is 10.1 Å². The van der Waals surface area contributed by atoms with Crippen LogP contribution in [0.5, 0.6) is 5.75 Å². The number of carbonyl (C=O) groups excluding carboxylic acids is 1. The summed E-state index contributed by atoms with van der Waals surface area (Å²) in [7, 11) is 0. The Kier molecular flexibility index (Phi) is 5.80. The topological polar surface area (TPSA) is 75.6 Å². The number of amides is 1. The van der Waals surface area contributed by atoms with Crippen LogP contribution in [0.4, 0.5) is 0 Å². The third kappa shape index (κ3) is 4.83. The van der Waals surface area contributed by atoms with Gasteiger partial charge in [0.05, 0.1) is 11.5 Å². The first-order chi connectivity index (χ1) is 11.8. The number of aliphatic carboxylic acids is 1. The second-order valence-corrected chi connectivity index (χ2v) is 6.44. The van der Waals surface area contributed by atoms with Gasteiger partial charge in [0, 0.05) is 0 Å². The quantitative estimate of drug-likeness (QED) is 0.810. The smallest absolute Gasteiger partial charge is 0.341 e. The van der Waals surface area contributed by atoms with Crippen molar-refractivity contribution in [3.8, 4) is 5.75 Å². The molecule has 1 amide bonds. The lowest BCUT2D eigenvalue weighted by molar-refractivity contribution is -0.139. The van der Waals surface area contributed by atoms with Crippen LogP contribution in [-0.4, -0.2) is 23.6 Å². The molecule has 132 valence electrons. The Labute approximate surface area is 147 Å². The Morgan fingerprint density at radius 2 is 1.68 bits per heavy atom. The molecule has 2 aromatic carbocycles. The number of hydrogen-bond donors (Lipinski definition) is 2. The third-order valence-electron chi connectivity index (χ3n) is 4.15. The molecule has 0 aliphatic carbocycles. The van der Waals surface area contributed by atoms with Gasteiger partial charge in [-0.1, -0.05) is 42.5 Å². The van der Waals surface area contributed by atoms with Crippen LogP contribution in [0.3, 0.4) is 0 Å². The SMILES string of the molecule is CC(NC(=O)C(C)(C)c1ccccc1)c1ccc(OCC(=O)O)cc1. The summed E-state index contributed by atoms with van der Waals surface area (Å²) in [5, 5.41) is 11.6. The maximum atomic E-state index is 12.7. The molecule has 0 fully saturated rings. The zero-order valence-electron chi connectivity index (χ0n) is 14.7. The van der Waals surface area contributed by atoms with Gasteiger partial charge < -0.3 is 15.2 Å². The van der Waals surface area contributed by atoms with Crippen molar-refractivity contribution in [1.29, 1.82) is 0 Å². The van der Waals surface area contributed by atoms with Gasteiger partial charge in [-0.05, 0) is 44.0 Å². The standard InChI is InChI=1S/C20H23NO4/c1-14(15-9-11-17(12-10-15)25-13-18(22)23)21-19(24)20(2,3)16-7-5-4-6-8-16/h4-12,14H,13H2,1-3H3,(H,21,24)(H,22,23). The molecule has 1 atom stereocenters. The van der Waals surface area contributed by atoms with E-state index in [0.717, 1.165) is 11.1 Å². The van der Waals surface area contributed by atoms with Gasteiger partial charge in [0.15, 0.2) is 6.61 Å². The first kappa shape index (κ1) is 18.5. The molecule has 0 aliphatic heterocycles. The monoisotopic (exact) mass is 341 g/mol. The Hall–Kier alpha value is -2.82. The van der Waals surface area contributed by atoms with Crippen LogP contribution in [-0.2, 0) is 15.0 Å². The van der Waals surface area contributed by atoms with E-state index in [1.165, 1.54) is 0 Å². The van der Waals surface area contributed by atoms with E-state index in [9.17, 15) is 9.59 Å². The first-order valence-corrected chi connectivity index (χ1v) is 8.11. The highest BCUT2D eigenvalue weighted by molar-refractivity contribution is 5.87. The van der Waals surface area contributed by atoms with Crippen molar-refractivity contribution < 1.29 is 19.4 Å².